The highest BCUT2D eigenvalue weighted by Crippen LogP contribution is 2.34. The third-order valence-corrected chi connectivity index (χ3v) is 5.28. The van der Waals surface area contributed by atoms with Crippen molar-refractivity contribution in [2.24, 2.45) is 5.10 Å². The molecule has 0 amide bonds. The Labute approximate surface area is 181 Å². The summed E-state index contributed by atoms with van der Waals surface area (Å²) in [7, 11) is 3.11. The van der Waals surface area contributed by atoms with E-state index in [0.717, 1.165) is 10.1 Å². The van der Waals surface area contributed by atoms with Crippen LogP contribution in [0.4, 0.5) is 0 Å². The van der Waals surface area contributed by atoms with Gasteiger partial charge in [0.2, 0.25) is 5.88 Å². The van der Waals surface area contributed by atoms with Crippen LogP contribution in [0.2, 0.25) is 5.02 Å². The lowest BCUT2D eigenvalue weighted by atomic mass is 9.99. The van der Waals surface area contributed by atoms with Gasteiger partial charge in [-0.05, 0) is 36.4 Å². The standard InChI is InChI=1S/C21H19ClN4O5/c1-30-13-7-8-14(17(9-13)31-2)15-10-16(25-24-15)18-19(27)23-21(29)26(20(18)28)12-5-3-11(22)4-6-12/h3-9,15,24,28H,10H2,1-2H3,(H,23,27,29). The van der Waals surface area contributed by atoms with Gasteiger partial charge in [-0.1, -0.05) is 11.6 Å². The summed E-state index contributed by atoms with van der Waals surface area (Å²) < 4.78 is 11.7. The van der Waals surface area contributed by atoms with E-state index in [0.29, 0.717) is 27.9 Å². The van der Waals surface area contributed by atoms with E-state index in [-0.39, 0.29) is 18.0 Å². The molecule has 0 spiro atoms. The monoisotopic (exact) mass is 442 g/mol. The van der Waals surface area contributed by atoms with Crippen molar-refractivity contribution in [1.29, 1.82) is 0 Å². The number of aromatic nitrogens is 2. The summed E-state index contributed by atoms with van der Waals surface area (Å²) in [6.45, 7) is 0. The number of aromatic amines is 1. The average molecular weight is 443 g/mol. The molecule has 0 saturated carbocycles. The molecule has 3 N–H and O–H groups in total. The zero-order valence-corrected chi connectivity index (χ0v) is 17.4. The topological polar surface area (TPSA) is 118 Å². The minimum Gasteiger partial charge on any atom is -0.497 e. The average Bonchev–Trinajstić information content (AvgIpc) is 3.23. The van der Waals surface area contributed by atoms with Gasteiger partial charge in [-0.3, -0.25) is 9.78 Å². The SMILES string of the molecule is COc1ccc(C2CC(c3c(O)n(-c4ccc(Cl)cc4)c(=O)[nH]c3=O)=NN2)c(OC)c1. The first kappa shape index (κ1) is 20.5. The Balaban J connectivity index is 1.72. The van der Waals surface area contributed by atoms with Gasteiger partial charge in [0.1, 0.15) is 17.1 Å². The van der Waals surface area contributed by atoms with Crippen LogP contribution in [-0.2, 0) is 0 Å². The van der Waals surface area contributed by atoms with Crippen LogP contribution in [0.3, 0.4) is 0 Å². The highest BCUT2D eigenvalue weighted by Gasteiger charge is 2.29. The molecule has 1 aliphatic heterocycles. The van der Waals surface area contributed by atoms with Crippen LogP contribution in [0.15, 0.2) is 57.2 Å². The molecule has 9 nitrogen and oxygen atoms in total. The first-order valence-electron chi connectivity index (χ1n) is 9.31. The molecule has 2 heterocycles. The largest absolute Gasteiger partial charge is 0.497 e. The smallest absolute Gasteiger partial charge is 0.335 e. The Morgan fingerprint density at radius 1 is 1.13 bits per heavy atom. The van der Waals surface area contributed by atoms with E-state index in [1.54, 1.807) is 50.6 Å². The molecule has 1 unspecified atom stereocenters. The fraction of sp³-hybridized carbons (Fsp3) is 0.190. The van der Waals surface area contributed by atoms with Crippen LogP contribution in [0.5, 0.6) is 17.4 Å². The summed E-state index contributed by atoms with van der Waals surface area (Å²) in [6, 6.07) is 11.4. The van der Waals surface area contributed by atoms with Crippen LogP contribution in [0, 0.1) is 0 Å². The summed E-state index contributed by atoms with van der Waals surface area (Å²) in [5, 5.41) is 15.5. The first-order valence-corrected chi connectivity index (χ1v) is 9.69. The Morgan fingerprint density at radius 2 is 1.87 bits per heavy atom. The number of ether oxygens (including phenoxy) is 2. The molecule has 31 heavy (non-hydrogen) atoms. The maximum absolute atomic E-state index is 12.5. The Kier molecular flexibility index (Phi) is 5.43. The molecule has 160 valence electrons. The number of H-pyrrole nitrogens is 1. The van der Waals surface area contributed by atoms with Crippen molar-refractivity contribution in [2.75, 3.05) is 14.2 Å². The number of hydrogen-bond donors (Lipinski definition) is 3. The minimum atomic E-state index is -0.770. The third-order valence-electron chi connectivity index (χ3n) is 5.03. The lowest BCUT2D eigenvalue weighted by Crippen LogP contribution is -2.33. The molecule has 1 aliphatic rings. The van der Waals surface area contributed by atoms with Crippen LogP contribution in [-0.4, -0.2) is 34.6 Å². The number of benzene rings is 2. The normalized spacial score (nSPS) is 15.3. The maximum atomic E-state index is 12.5. The minimum absolute atomic E-state index is 0.0861. The van der Waals surface area contributed by atoms with Gasteiger partial charge in [0.25, 0.3) is 5.56 Å². The van der Waals surface area contributed by atoms with Crippen molar-refractivity contribution in [2.45, 2.75) is 12.5 Å². The molecular formula is C21H19ClN4O5. The second kappa shape index (κ2) is 8.19. The van der Waals surface area contributed by atoms with Crippen molar-refractivity contribution < 1.29 is 14.6 Å². The van der Waals surface area contributed by atoms with Crippen molar-refractivity contribution in [3.8, 4) is 23.1 Å². The predicted octanol–water partition coefficient (Wildman–Crippen LogP) is 2.34. The molecule has 0 fully saturated rings. The van der Waals surface area contributed by atoms with E-state index in [1.165, 1.54) is 0 Å². The summed E-state index contributed by atoms with van der Waals surface area (Å²) >= 11 is 5.90. The molecule has 1 aromatic heterocycles. The third kappa shape index (κ3) is 3.75. The predicted molar refractivity (Wildman–Crippen MR) is 116 cm³/mol. The van der Waals surface area contributed by atoms with E-state index in [1.807, 2.05) is 6.07 Å². The molecule has 10 heteroatoms. The Morgan fingerprint density at radius 3 is 2.55 bits per heavy atom. The van der Waals surface area contributed by atoms with Crippen molar-refractivity contribution in [3.63, 3.8) is 0 Å². The number of nitrogens with zero attached hydrogens (tertiary/aromatic N) is 2. The highest BCUT2D eigenvalue weighted by atomic mass is 35.5. The van der Waals surface area contributed by atoms with Crippen molar-refractivity contribution in [3.05, 3.63) is 79.5 Å². The summed E-state index contributed by atoms with van der Waals surface area (Å²) in [6.07, 6.45) is 0.290. The molecular weight excluding hydrogens is 424 g/mol. The molecule has 2 aromatic carbocycles. The number of halogens is 1. The zero-order valence-electron chi connectivity index (χ0n) is 16.7. The molecule has 4 rings (SSSR count). The summed E-state index contributed by atoms with van der Waals surface area (Å²) in [4.78, 5) is 27.1. The van der Waals surface area contributed by atoms with E-state index in [2.05, 4.69) is 15.5 Å². The van der Waals surface area contributed by atoms with Gasteiger partial charge < -0.3 is 20.0 Å². The number of hydrogen-bond acceptors (Lipinski definition) is 7. The number of rotatable bonds is 5. The van der Waals surface area contributed by atoms with Crippen LogP contribution in [0.1, 0.15) is 23.6 Å². The van der Waals surface area contributed by atoms with Crippen LogP contribution in [0.25, 0.3) is 5.69 Å². The van der Waals surface area contributed by atoms with Gasteiger partial charge in [0.15, 0.2) is 0 Å². The lowest BCUT2D eigenvalue weighted by molar-refractivity contribution is 0.386. The maximum Gasteiger partial charge on any atom is 0.335 e. The van der Waals surface area contributed by atoms with Crippen molar-refractivity contribution >= 4 is 17.3 Å². The second-order valence-electron chi connectivity index (χ2n) is 6.82. The van der Waals surface area contributed by atoms with Gasteiger partial charge in [0, 0.05) is 23.1 Å². The molecule has 0 aliphatic carbocycles. The highest BCUT2D eigenvalue weighted by molar-refractivity contribution is 6.30. The Hall–Kier alpha value is -3.72. The molecule has 0 bridgehead atoms. The van der Waals surface area contributed by atoms with E-state index < -0.39 is 17.1 Å². The number of hydrazone groups is 1. The van der Waals surface area contributed by atoms with Gasteiger partial charge in [-0.2, -0.15) is 5.10 Å². The summed E-state index contributed by atoms with van der Waals surface area (Å²) in [5.41, 5.74) is 2.86. The van der Waals surface area contributed by atoms with Crippen LogP contribution < -0.4 is 26.1 Å². The van der Waals surface area contributed by atoms with Gasteiger partial charge in [-0.25, -0.2) is 9.36 Å². The molecule has 0 saturated heterocycles. The summed E-state index contributed by atoms with van der Waals surface area (Å²) in [5.74, 6) is 0.736. The fourth-order valence-electron chi connectivity index (χ4n) is 3.50. The molecule has 1 atom stereocenters. The molecule has 3 aromatic rings. The second-order valence-corrected chi connectivity index (χ2v) is 7.26. The van der Waals surface area contributed by atoms with Gasteiger partial charge >= 0.3 is 5.69 Å². The number of methoxy groups -OCH3 is 2. The lowest BCUT2D eigenvalue weighted by Gasteiger charge is -2.16. The van der Waals surface area contributed by atoms with Gasteiger partial charge in [-0.15, -0.1) is 0 Å². The Bertz CT molecular complexity index is 1280. The molecule has 0 radical (unpaired) electrons. The van der Waals surface area contributed by atoms with Crippen molar-refractivity contribution in [1.82, 2.24) is 15.0 Å². The van der Waals surface area contributed by atoms with E-state index in [4.69, 9.17) is 21.1 Å². The number of aromatic hydroxyl groups is 1. The van der Waals surface area contributed by atoms with Gasteiger partial charge in [0.05, 0.1) is 31.7 Å². The van der Waals surface area contributed by atoms with E-state index in [9.17, 15) is 14.7 Å². The van der Waals surface area contributed by atoms with E-state index >= 15 is 0 Å². The zero-order chi connectivity index (χ0) is 22.1. The fourth-order valence-corrected chi connectivity index (χ4v) is 3.63. The number of nitrogens with one attached hydrogen (secondary N) is 2. The quantitative estimate of drug-likeness (QED) is 0.558. The first-order chi connectivity index (χ1) is 14.9. The van der Waals surface area contributed by atoms with Crippen LogP contribution >= 0.6 is 11.6 Å².